The molecule has 0 heterocycles. The van der Waals surface area contributed by atoms with Crippen LogP contribution in [0.25, 0.3) is 0 Å². The molecule has 76 valence electrons. The molecule has 0 saturated carbocycles. The van der Waals surface area contributed by atoms with Gasteiger partial charge in [-0.05, 0) is 31.5 Å². The van der Waals surface area contributed by atoms with Crippen molar-refractivity contribution in [1.29, 1.82) is 0 Å². The van der Waals surface area contributed by atoms with Gasteiger partial charge < -0.3 is 5.73 Å². The number of carbonyl (C=O) groups is 1. The van der Waals surface area contributed by atoms with Crippen molar-refractivity contribution in [3.63, 3.8) is 0 Å². The molecule has 0 aromatic heterocycles. The van der Waals surface area contributed by atoms with Crippen LogP contribution in [0.1, 0.15) is 19.4 Å². The largest absolute Gasteiger partial charge is 0.399 e. The number of benzene rings is 1. The van der Waals surface area contributed by atoms with Crippen LogP contribution in [-0.4, -0.2) is 11.1 Å². The maximum atomic E-state index is 11.3. The van der Waals surface area contributed by atoms with Crippen molar-refractivity contribution in [3.8, 4) is 0 Å². The smallest absolute Gasteiger partial charge is 0.253 e. The molecular formula is C10H14N2O2. The van der Waals surface area contributed by atoms with Gasteiger partial charge in [0.25, 0.3) is 5.91 Å². The van der Waals surface area contributed by atoms with E-state index in [0.29, 0.717) is 5.69 Å². The monoisotopic (exact) mass is 194 g/mol. The lowest BCUT2D eigenvalue weighted by Crippen LogP contribution is -2.38. The zero-order valence-corrected chi connectivity index (χ0v) is 8.24. The van der Waals surface area contributed by atoms with Crippen LogP contribution in [0, 0.1) is 0 Å². The van der Waals surface area contributed by atoms with Gasteiger partial charge >= 0.3 is 0 Å². The Hall–Kier alpha value is -1.55. The van der Waals surface area contributed by atoms with Crippen LogP contribution in [0.3, 0.4) is 0 Å². The first-order valence-electron chi connectivity index (χ1n) is 4.29. The SMILES string of the molecule is CC(C)(C(=O)NO)c1ccc(N)cc1. The summed E-state index contributed by atoms with van der Waals surface area (Å²) < 4.78 is 0. The first-order chi connectivity index (χ1) is 6.48. The highest BCUT2D eigenvalue weighted by Gasteiger charge is 2.29. The maximum absolute atomic E-state index is 11.3. The number of nitrogen functional groups attached to an aromatic ring is 1. The first-order valence-corrected chi connectivity index (χ1v) is 4.29. The summed E-state index contributed by atoms with van der Waals surface area (Å²) in [6.07, 6.45) is 0. The summed E-state index contributed by atoms with van der Waals surface area (Å²) >= 11 is 0. The number of amides is 1. The van der Waals surface area contributed by atoms with Gasteiger partial charge in [0, 0.05) is 5.69 Å². The van der Waals surface area contributed by atoms with Gasteiger partial charge in [-0.3, -0.25) is 10.0 Å². The predicted octanol–water partition coefficient (Wildman–Crippen LogP) is 1.05. The number of hydroxylamine groups is 1. The van der Waals surface area contributed by atoms with Crippen molar-refractivity contribution >= 4 is 11.6 Å². The fraction of sp³-hybridized carbons (Fsp3) is 0.300. The van der Waals surface area contributed by atoms with Crippen LogP contribution in [0.4, 0.5) is 5.69 Å². The number of hydrogen-bond acceptors (Lipinski definition) is 3. The molecule has 1 aromatic carbocycles. The Morgan fingerprint density at radius 3 is 2.29 bits per heavy atom. The average molecular weight is 194 g/mol. The van der Waals surface area contributed by atoms with Crippen LogP contribution in [0.2, 0.25) is 0 Å². The van der Waals surface area contributed by atoms with E-state index >= 15 is 0 Å². The molecule has 4 nitrogen and oxygen atoms in total. The highest BCUT2D eigenvalue weighted by Crippen LogP contribution is 2.23. The molecule has 0 atom stereocenters. The van der Waals surface area contributed by atoms with E-state index in [-0.39, 0.29) is 0 Å². The van der Waals surface area contributed by atoms with Gasteiger partial charge in [0.15, 0.2) is 0 Å². The molecule has 0 fully saturated rings. The minimum atomic E-state index is -0.761. The number of anilines is 1. The molecule has 1 rings (SSSR count). The van der Waals surface area contributed by atoms with E-state index in [2.05, 4.69) is 0 Å². The summed E-state index contributed by atoms with van der Waals surface area (Å²) in [4.78, 5) is 11.3. The van der Waals surface area contributed by atoms with Gasteiger partial charge in [0.05, 0.1) is 5.41 Å². The molecule has 14 heavy (non-hydrogen) atoms. The first kappa shape index (κ1) is 10.5. The maximum Gasteiger partial charge on any atom is 0.253 e. The molecule has 0 unspecified atom stereocenters. The molecule has 0 radical (unpaired) electrons. The second-order valence-corrected chi connectivity index (χ2v) is 3.69. The number of hydrogen-bond donors (Lipinski definition) is 3. The molecule has 1 amide bonds. The van der Waals surface area contributed by atoms with E-state index in [1.165, 1.54) is 0 Å². The Morgan fingerprint density at radius 2 is 1.86 bits per heavy atom. The summed E-state index contributed by atoms with van der Waals surface area (Å²) in [6, 6.07) is 6.98. The lowest BCUT2D eigenvalue weighted by molar-refractivity contribution is -0.134. The fourth-order valence-corrected chi connectivity index (χ4v) is 1.17. The predicted molar refractivity (Wildman–Crippen MR) is 53.8 cm³/mol. The molecule has 0 aliphatic rings. The lowest BCUT2D eigenvalue weighted by Gasteiger charge is -2.22. The molecule has 0 aliphatic carbocycles. The van der Waals surface area contributed by atoms with Crippen LogP contribution in [-0.2, 0) is 10.2 Å². The van der Waals surface area contributed by atoms with Gasteiger partial charge in [-0.2, -0.15) is 0 Å². The van der Waals surface area contributed by atoms with E-state index in [1.54, 1.807) is 43.6 Å². The number of rotatable bonds is 2. The Labute approximate surface area is 82.7 Å². The summed E-state index contributed by atoms with van der Waals surface area (Å²) in [5.41, 5.74) is 7.87. The van der Waals surface area contributed by atoms with Crippen molar-refractivity contribution in [1.82, 2.24) is 5.48 Å². The van der Waals surface area contributed by atoms with Gasteiger partial charge in [-0.1, -0.05) is 12.1 Å². The van der Waals surface area contributed by atoms with E-state index in [1.807, 2.05) is 0 Å². The topological polar surface area (TPSA) is 75.3 Å². The molecule has 1 aromatic rings. The van der Waals surface area contributed by atoms with Crippen LogP contribution in [0.5, 0.6) is 0 Å². The number of carbonyl (C=O) groups excluding carboxylic acids is 1. The highest BCUT2D eigenvalue weighted by atomic mass is 16.5. The molecule has 4 heteroatoms. The van der Waals surface area contributed by atoms with E-state index in [0.717, 1.165) is 5.56 Å². The van der Waals surface area contributed by atoms with Crippen LogP contribution >= 0.6 is 0 Å². The van der Waals surface area contributed by atoms with Crippen molar-refractivity contribution in [3.05, 3.63) is 29.8 Å². The molecule has 0 saturated heterocycles. The zero-order chi connectivity index (χ0) is 10.8. The van der Waals surface area contributed by atoms with Crippen molar-refractivity contribution in [2.75, 3.05) is 5.73 Å². The summed E-state index contributed by atoms with van der Waals surface area (Å²) in [5, 5.41) is 8.56. The third-order valence-corrected chi connectivity index (χ3v) is 2.30. The lowest BCUT2D eigenvalue weighted by atomic mass is 9.84. The normalized spacial score (nSPS) is 11.1. The van der Waals surface area contributed by atoms with Gasteiger partial charge in [-0.25, -0.2) is 5.48 Å². The fourth-order valence-electron chi connectivity index (χ4n) is 1.17. The van der Waals surface area contributed by atoms with Gasteiger partial charge in [-0.15, -0.1) is 0 Å². The molecule has 0 spiro atoms. The summed E-state index contributed by atoms with van der Waals surface area (Å²) in [7, 11) is 0. The molecular weight excluding hydrogens is 180 g/mol. The second-order valence-electron chi connectivity index (χ2n) is 3.69. The number of nitrogens with two attached hydrogens (primary N) is 1. The van der Waals surface area contributed by atoms with Crippen molar-refractivity contribution in [2.45, 2.75) is 19.3 Å². The number of nitrogens with one attached hydrogen (secondary N) is 1. The minimum Gasteiger partial charge on any atom is -0.399 e. The standard InChI is InChI=1S/C10H14N2O2/c1-10(2,9(13)12-14)7-3-5-8(11)6-4-7/h3-6,14H,11H2,1-2H3,(H,12,13). The summed E-state index contributed by atoms with van der Waals surface area (Å²) in [5.74, 6) is -0.442. The zero-order valence-electron chi connectivity index (χ0n) is 8.24. The van der Waals surface area contributed by atoms with Crippen LogP contribution in [0.15, 0.2) is 24.3 Å². The van der Waals surface area contributed by atoms with Crippen molar-refractivity contribution in [2.24, 2.45) is 0 Å². The minimum absolute atomic E-state index is 0.442. The second kappa shape index (κ2) is 3.67. The Bertz CT molecular complexity index is 330. The Balaban J connectivity index is 3.03. The van der Waals surface area contributed by atoms with Gasteiger partial charge in [0.1, 0.15) is 0 Å². The van der Waals surface area contributed by atoms with Crippen molar-refractivity contribution < 1.29 is 10.0 Å². The third kappa shape index (κ3) is 1.85. The average Bonchev–Trinajstić information content (AvgIpc) is 2.17. The quantitative estimate of drug-likeness (QED) is 0.374. The molecule has 4 N–H and O–H groups in total. The van der Waals surface area contributed by atoms with E-state index in [4.69, 9.17) is 10.9 Å². The summed E-state index contributed by atoms with van der Waals surface area (Å²) in [6.45, 7) is 3.45. The third-order valence-electron chi connectivity index (χ3n) is 2.30. The van der Waals surface area contributed by atoms with E-state index < -0.39 is 11.3 Å². The molecule has 0 bridgehead atoms. The van der Waals surface area contributed by atoms with Gasteiger partial charge in [0.2, 0.25) is 0 Å². The Kier molecular flexibility index (Phi) is 2.76. The van der Waals surface area contributed by atoms with E-state index in [9.17, 15) is 4.79 Å². The Morgan fingerprint density at radius 1 is 1.36 bits per heavy atom. The van der Waals surface area contributed by atoms with Crippen LogP contribution < -0.4 is 11.2 Å². The molecule has 0 aliphatic heterocycles. The highest BCUT2D eigenvalue weighted by molar-refractivity contribution is 5.86.